The van der Waals surface area contributed by atoms with Crippen LogP contribution in [0.15, 0.2) is 17.2 Å². The largest absolute Gasteiger partial charge is 0.370 e. The van der Waals surface area contributed by atoms with Gasteiger partial charge in [-0.25, -0.2) is 15.0 Å². The van der Waals surface area contributed by atoms with E-state index in [9.17, 15) is 10.1 Å². The molecule has 7 nitrogen and oxygen atoms in total. The number of anilines is 1. The maximum atomic E-state index is 14.0. The van der Waals surface area contributed by atoms with Crippen molar-refractivity contribution in [1.29, 1.82) is 5.26 Å². The second-order valence-electron chi connectivity index (χ2n) is 8.96. The number of rotatable bonds is 4. The Morgan fingerprint density at radius 1 is 1.00 bits per heavy atom. The summed E-state index contributed by atoms with van der Waals surface area (Å²) in [5.74, 6) is 0.0232. The molecule has 0 atom stereocenters. The number of nitriles is 1. The zero-order chi connectivity index (χ0) is 23.9. The number of pyridine rings is 2. The molecular formula is C24H26Cl2N6O. The summed E-state index contributed by atoms with van der Waals surface area (Å²) in [4.78, 5) is 29.6. The van der Waals surface area contributed by atoms with Crippen molar-refractivity contribution in [2.24, 2.45) is 0 Å². The van der Waals surface area contributed by atoms with Crippen LogP contribution in [0.2, 0.25) is 10.2 Å². The van der Waals surface area contributed by atoms with Gasteiger partial charge in [0.15, 0.2) is 5.65 Å². The van der Waals surface area contributed by atoms with E-state index in [0.717, 1.165) is 32.4 Å². The lowest BCUT2D eigenvalue weighted by Gasteiger charge is -2.31. The number of halogens is 2. The first-order valence-corrected chi connectivity index (χ1v) is 12.0. The third kappa shape index (κ3) is 4.07. The Kier molecular flexibility index (Phi) is 6.60. The molecule has 4 heterocycles. The molecule has 0 saturated carbocycles. The van der Waals surface area contributed by atoms with Crippen LogP contribution in [0, 0.1) is 11.3 Å². The molecule has 0 bridgehead atoms. The highest BCUT2D eigenvalue weighted by atomic mass is 35.5. The van der Waals surface area contributed by atoms with Gasteiger partial charge in [-0.3, -0.25) is 9.36 Å². The van der Waals surface area contributed by atoms with Gasteiger partial charge in [0, 0.05) is 18.5 Å². The number of piperidine rings is 1. The Morgan fingerprint density at radius 3 is 2.15 bits per heavy atom. The lowest BCUT2D eigenvalue weighted by Crippen LogP contribution is -2.34. The van der Waals surface area contributed by atoms with Gasteiger partial charge in [0.25, 0.3) is 5.56 Å². The van der Waals surface area contributed by atoms with Crippen molar-refractivity contribution in [1.82, 2.24) is 19.5 Å². The minimum atomic E-state index is -0.449. The van der Waals surface area contributed by atoms with Gasteiger partial charge in [-0.15, -0.1) is 0 Å². The molecule has 0 N–H and O–H groups in total. The van der Waals surface area contributed by atoms with Crippen LogP contribution >= 0.6 is 23.2 Å². The second kappa shape index (κ2) is 9.28. The molecular weight excluding hydrogens is 459 g/mol. The maximum Gasteiger partial charge on any atom is 0.276 e. The monoisotopic (exact) mass is 484 g/mol. The lowest BCUT2D eigenvalue weighted by atomic mass is 10.0. The van der Waals surface area contributed by atoms with Crippen molar-refractivity contribution >= 4 is 39.9 Å². The summed E-state index contributed by atoms with van der Waals surface area (Å²) in [6.45, 7) is 9.55. The molecule has 3 aromatic rings. The van der Waals surface area contributed by atoms with Gasteiger partial charge in [0.2, 0.25) is 0 Å². The van der Waals surface area contributed by atoms with Crippen LogP contribution in [0.3, 0.4) is 0 Å². The summed E-state index contributed by atoms with van der Waals surface area (Å²) < 4.78 is 1.47. The van der Waals surface area contributed by atoms with Gasteiger partial charge in [-0.1, -0.05) is 50.9 Å². The van der Waals surface area contributed by atoms with E-state index in [1.807, 2.05) is 27.7 Å². The predicted molar refractivity (Wildman–Crippen MR) is 132 cm³/mol. The highest BCUT2D eigenvalue weighted by Crippen LogP contribution is 2.37. The number of nitrogens with zero attached hydrogens (tertiary/aromatic N) is 6. The molecule has 9 heteroatoms. The Labute approximate surface area is 203 Å². The number of hydrogen-bond donors (Lipinski definition) is 0. The fourth-order valence-corrected chi connectivity index (χ4v) is 4.77. The van der Waals surface area contributed by atoms with E-state index in [-0.39, 0.29) is 27.6 Å². The fourth-order valence-electron chi connectivity index (χ4n) is 4.48. The molecule has 172 valence electrons. The zero-order valence-electron chi connectivity index (χ0n) is 19.2. The standard InChI is InChI=1S/C24H26Cl2N6O/c1-13(2)18-21(19(14(3)4)29-12-28-18)32-23-15(10-17(25)22(26)30-23)20(16(11-27)24(32)33)31-8-6-5-7-9-31/h10,12-14H,5-9H2,1-4H3. The molecule has 1 fully saturated rings. The first kappa shape index (κ1) is 23.5. The predicted octanol–water partition coefficient (Wildman–Crippen LogP) is 5.59. The van der Waals surface area contributed by atoms with Gasteiger partial charge in [-0.05, 0) is 37.2 Å². The van der Waals surface area contributed by atoms with Gasteiger partial charge in [-0.2, -0.15) is 5.26 Å². The first-order chi connectivity index (χ1) is 15.8. The number of hydrogen-bond acceptors (Lipinski definition) is 6. The molecule has 0 aliphatic carbocycles. The van der Waals surface area contributed by atoms with E-state index < -0.39 is 5.56 Å². The third-order valence-corrected chi connectivity index (χ3v) is 6.69. The smallest absolute Gasteiger partial charge is 0.276 e. The highest BCUT2D eigenvalue weighted by Gasteiger charge is 2.28. The van der Waals surface area contributed by atoms with Crippen LogP contribution in [0.4, 0.5) is 5.69 Å². The minimum absolute atomic E-state index is 0.0116. The summed E-state index contributed by atoms with van der Waals surface area (Å²) in [7, 11) is 0. The van der Waals surface area contributed by atoms with Crippen LogP contribution in [-0.4, -0.2) is 32.6 Å². The van der Waals surface area contributed by atoms with Gasteiger partial charge < -0.3 is 4.90 Å². The van der Waals surface area contributed by atoms with Crippen LogP contribution in [-0.2, 0) is 0 Å². The molecule has 1 aliphatic rings. The van der Waals surface area contributed by atoms with Crippen molar-refractivity contribution in [3.63, 3.8) is 0 Å². The van der Waals surface area contributed by atoms with Gasteiger partial charge >= 0.3 is 0 Å². The Balaban J connectivity index is 2.22. The summed E-state index contributed by atoms with van der Waals surface area (Å²) >= 11 is 12.7. The van der Waals surface area contributed by atoms with Crippen molar-refractivity contribution < 1.29 is 0 Å². The molecule has 0 radical (unpaired) electrons. The van der Waals surface area contributed by atoms with Crippen molar-refractivity contribution in [3.05, 3.63) is 49.9 Å². The molecule has 0 aromatic carbocycles. The van der Waals surface area contributed by atoms with Crippen molar-refractivity contribution in [2.45, 2.75) is 58.8 Å². The minimum Gasteiger partial charge on any atom is -0.370 e. The van der Waals surface area contributed by atoms with Crippen molar-refractivity contribution in [3.8, 4) is 11.8 Å². The van der Waals surface area contributed by atoms with Crippen LogP contribution in [0.25, 0.3) is 16.7 Å². The summed E-state index contributed by atoms with van der Waals surface area (Å²) in [5.41, 5.74) is 2.53. The lowest BCUT2D eigenvalue weighted by molar-refractivity contribution is 0.578. The summed E-state index contributed by atoms with van der Waals surface area (Å²) in [6, 6.07) is 3.88. The topological polar surface area (TPSA) is 87.7 Å². The first-order valence-electron chi connectivity index (χ1n) is 11.2. The zero-order valence-corrected chi connectivity index (χ0v) is 20.7. The van der Waals surface area contributed by atoms with E-state index in [1.165, 1.54) is 10.9 Å². The number of fused-ring (bicyclic) bond motifs is 1. The Morgan fingerprint density at radius 2 is 1.61 bits per heavy atom. The van der Waals surface area contributed by atoms with Crippen LogP contribution in [0.1, 0.15) is 75.7 Å². The average molecular weight is 485 g/mol. The van der Waals surface area contributed by atoms with E-state index in [0.29, 0.717) is 33.8 Å². The Bertz CT molecular complexity index is 1290. The fraction of sp³-hybridized carbons (Fsp3) is 0.458. The van der Waals surface area contributed by atoms with Gasteiger partial charge in [0.1, 0.15) is 23.1 Å². The summed E-state index contributed by atoms with van der Waals surface area (Å²) in [5, 5.41) is 11.1. The highest BCUT2D eigenvalue weighted by molar-refractivity contribution is 6.41. The molecule has 0 spiro atoms. The quantitative estimate of drug-likeness (QED) is 0.448. The average Bonchev–Trinajstić information content (AvgIpc) is 2.79. The molecule has 1 aliphatic heterocycles. The second-order valence-corrected chi connectivity index (χ2v) is 9.72. The molecule has 3 aromatic heterocycles. The van der Waals surface area contributed by atoms with E-state index >= 15 is 0 Å². The maximum absolute atomic E-state index is 14.0. The normalized spacial score (nSPS) is 14.3. The van der Waals surface area contributed by atoms with E-state index in [4.69, 9.17) is 23.2 Å². The molecule has 0 unspecified atom stereocenters. The van der Waals surface area contributed by atoms with Gasteiger partial charge in [0.05, 0.1) is 27.8 Å². The van der Waals surface area contributed by atoms with Crippen LogP contribution < -0.4 is 10.5 Å². The molecule has 33 heavy (non-hydrogen) atoms. The third-order valence-electron chi connectivity index (χ3n) is 6.01. The molecule has 0 amide bonds. The van der Waals surface area contributed by atoms with E-state index in [1.54, 1.807) is 6.07 Å². The Hall–Kier alpha value is -2.69. The van der Waals surface area contributed by atoms with E-state index in [2.05, 4.69) is 25.9 Å². The summed E-state index contributed by atoms with van der Waals surface area (Å²) in [6.07, 6.45) is 4.62. The number of aromatic nitrogens is 4. The SMILES string of the molecule is CC(C)c1ncnc(C(C)C)c1-n1c(=O)c(C#N)c(N2CCCCC2)c2cc(Cl)c(Cl)nc21. The molecule has 1 saturated heterocycles. The molecule has 4 rings (SSSR count). The van der Waals surface area contributed by atoms with Crippen LogP contribution in [0.5, 0.6) is 0 Å². The van der Waals surface area contributed by atoms with Crippen molar-refractivity contribution in [2.75, 3.05) is 18.0 Å².